The molecule has 7 saturated heterocycles. The molecule has 11 N–H and O–H groups in total. The minimum absolute atomic E-state index is 0.0279. The monoisotopic (exact) mass is 1780 g/mol. The van der Waals surface area contributed by atoms with E-state index in [0.717, 1.165) is 4.58 Å². The van der Waals surface area contributed by atoms with Crippen LogP contribution in [0, 0.1) is 0 Å². The molecule has 16 rings (SSSR count). The summed E-state index contributed by atoms with van der Waals surface area (Å²) in [7, 11) is -9.60. The van der Waals surface area contributed by atoms with Crippen molar-refractivity contribution < 1.29 is 83.3 Å². The van der Waals surface area contributed by atoms with E-state index < -0.39 is 149 Å². The van der Waals surface area contributed by atoms with Gasteiger partial charge in [0.05, 0.1) is 109 Å². The third kappa shape index (κ3) is 17.4. The van der Waals surface area contributed by atoms with E-state index in [1.165, 1.54) is 96.7 Å². The lowest BCUT2D eigenvalue weighted by atomic mass is 10.2. The number of carbonyl (C=O) groups excluding carboxylic acids is 2. The van der Waals surface area contributed by atoms with Gasteiger partial charge in [-0.2, -0.15) is 24.7 Å². The molecule has 0 saturated carbocycles. The number of carbonyl (C=O) groups is 2. The van der Waals surface area contributed by atoms with Crippen molar-refractivity contribution in [3.05, 3.63) is 64.7 Å². The number of imidazole rings is 3. The zero-order valence-electron chi connectivity index (χ0n) is 67.2. The molecule has 9 aliphatic heterocycles. The Balaban J connectivity index is 0.701. The van der Waals surface area contributed by atoms with Crippen molar-refractivity contribution in [1.82, 2.24) is 131 Å². The van der Waals surface area contributed by atoms with Gasteiger partial charge in [0.25, 0.3) is 13.1 Å². The van der Waals surface area contributed by atoms with Crippen molar-refractivity contribution >= 4 is 113 Å². The van der Waals surface area contributed by atoms with Crippen molar-refractivity contribution in [2.75, 3.05) is 229 Å². The average Bonchev–Trinajstić information content (AvgIpc) is 1.53. The van der Waals surface area contributed by atoms with Gasteiger partial charge in [0, 0.05) is 104 Å². The molecule has 7 aromatic rings. The number of fused-ring (bicyclic) bond motifs is 10. The van der Waals surface area contributed by atoms with Crippen LogP contribution >= 0.6 is 38.2 Å². The Hall–Kier alpha value is -7.39. The van der Waals surface area contributed by atoms with E-state index in [9.17, 15) is 23.7 Å². The number of ether oxygens (including phenoxy) is 5. The van der Waals surface area contributed by atoms with E-state index in [1.807, 2.05) is 16.6 Å². The summed E-state index contributed by atoms with van der Waals surface area (Å²) < 4.78 is 169. The third-order valence-electron chi connectivity index (χ3n) is 22.0. The number of aromatic amines is 1. The number of aromatic nitrogens is 14. The fourth-order valence-corrected chi connectivity index (χ4v) is 25.9. The predicted octanol–water partition coefficient (Wildman–Crippen LogP) is -1.78. The summed E-state index contributed by atoms with van der Waals surface area (Å²) in [6, 6.07) is -0.890. The molecule has 3 amide bonds. The van der Waals surface area contributed by atoms with Crippen LogP contribution in [0.3, 0.4) is 0 Å². The van der Waals surface area contributed by atoms with Gasteiger partial charge in [0.1, 0.15) is 54.4 Å². The molecule has 7 fully saturated rings. The van der Waals surface area contributed by atoms with Gasteiger partial charge in [-0.15, -0.1) is 0 Å². The molecule has 51 nitrogen and oxygen atoms in total. The second-order valence-corrected chi connectivity index (χ2v) is 43.5. The number of morpholine rings is 5. The molecule has 17 atom stereocenters. The second kappa shape index (κ2) is 35.0. The van der Waals surface area contributed by atoms with Gasteiger partial charge in [0.2, 0.25) is 12.2 Å². The van der Waals surface area contributed by atoms with Crippen LogP contribution in [0.2, 0.25) is 0 Å². The number of hydrogen-bond donors (Lipinski definition) is 8. The summed E-state index contributed by atoms with van der Waals surface area (Å²) in [5.74, 6) is -0.861. The molecule has 8 bridgehead atoms. The lowest BCUT2D eigenvalue weighted by Crippen LogP contribution is -2.61. The van der Waals surface area contributed by atoms with Crippen LogP contribution in [0.15, 0.2) is 53.5 Å². The van der Waals surface area contributed by atoms with E-state index >= 15 is 18.3 Å². The number of nitrogens with one attached hydrogen (secondary N) is 5. The van der Waals surface area contributed by atoms with Crippen molar-refractivity contribution in [2.24, 2.45) is 0 Å². The fourth-order valence-electron chi connectivity index (χ4n) is 15.9. The summed E-state index contributed by atoms with van der Waals surface area (Å²) in [6.45, 7) is 2.52. The summed E-state index contributed by atoms with van der Waals surface area (Å²) >= 11 is 0. The van der Waals surface area contributed by atoms with Crippen molar-refractivity contribution in [3.8, 4) is 0 Å². The molecule has 0 aromatic carbocycles. The van der Waals surface area contributed by atoms with Crippen LogP contribution in [-0.4, -0.2) is 387 Å². The van der Waals surface area contributed by atoms with Crippen LogP contribution in [-0.2, 0) is 73.9 Å². The average molecular weight is 1780 g/mol. The van der Waals surface area contributed by atoms with Gasteiger partial charge in [-0.25, -0.2) is 86.5 Å². The zero-order valence-corrected chi connectivity index (χ0v) is 71.7. The summed E-state index contributed by atoms with van der Waals surface area (Å²) in [5, 5.41) is 11.9. The van der Waals surface area contributed by atoms with Crippen molar-refractivity contribution in [3.63, 3.8) is 0 Å². The van der Waals surface area contributed by atoms with E-state index in [4.69, 9.17) is 68.5 Å². The van der Waals surface area contributed by atoms with Crippen LogP contribution in [0.4, 0.5) is 28.2 Å². The molecule has 0 radical (unpaired) electrons. The van der Waals surface area contributed by atoms with Gasteiger partial charge >= 0.3 is 48.3 Å². The Morgan fingerprint density at radius 1 is 0.567 bits per heavy atom. The molecular formula is C64H100N32O19P5+. The number of piperazine rings is 2. The molecule has 17 unspecified atom stereocenters. The van der Waals surface area contributed by atoms with E-state index in [0.29, 0.717) is 57.0 Å². The summed E-state index contributed by atoms with van der Waals surface area (Å²) in [6.07, 6.45) is -1.00. The van der Waals surface area contributed by atoms with Gasteiger partial charge in [-0.05, 0) is 55.4 Å². The number of rotatable bonds is 23. The van der Waals surface area contributed by atoms with E-state index in [1.54, 1.807) is 58.0 Å². The Morgan fingerprint density at radius 2 is 1.09 bits per heavy atom. The number of nitrogens with two attached hydrogens (primary N) is 3. The number of H-pyrrole nitrogens is 1. The van der Waals surface area contributed by atoms with E-state index in [-0.39, 0.29) is 131 Å². The van der Waals surface area contributed by atoms with Crippen LogP contribution < -0.4 is 49.7 Å². The van der Waals surface area contributed by atoms with Crippen LogP contribution in [0.5, 0.6) is 0 Å². The first-order valence-corrected chi connectivity index (χ1v) is 47.0. The highest BCUT2D eigenvalue weighted by atomic mass is 31.2. The number of urea groups is 1. The highest BCUT2D eigenvalue weighted by Gasteiger charge is 2.53. The van der Waals surface area contributed by atoms with Gasteiger partial charge in [-0.3, -0.25) is 55.8 Å². The normalized spacial score (nSPS) is 30.4. The Bertz CT molecular complexity index is 5380. The first-order valence-electron chi connectivity index (χ1n) is 38.9. The number of hydrogen-bond acceptors (Lipinski definition) is 35. The Kier molecular flexibility index (Phi) is 25.1. The first kappa shape index (κ1) is 86.1. The topological polar surface area (TPSA) is 559 Å². The lowest BCUT2D eigenvalue weighted by Gasteiger charge is -2.47. The fraction of sp³-hybridized carbons (Fsp3) is 0.656. The SMILES string of the molecule is CN1CC(COP(=O)(N(C)C)N2CC3COP(=O)(N(C)C)N4CC(COP(=O)(N(C)C)N5CC(COP(=O)(N6CCNCC6)N6CC(COP(C)(=O)N7CCNCC7)OC(n7cnc8c(N)ncnc87)C6)OC(n6cnc7c(N)ncnc76)C5)OC(C4)n4cnc5c(=O)[nH]c(nc54)NC4C=[N+](C(=O)NC4=O)C(C2)O3)OC(n2ccc(N)nc2=O)C1. The molecule has 9 aliphatic rings. The minimum atomic E-state index is -4.42. The maximum atomic E-state index is 16.8. The Labute approximate surface area is 686 Å². The number of anilines is 4. The number of amides is 3. The molecular weight excluding hydrogens is 1680 g/mol. The highest BCUT2D eigenvalue weighted by Crippen LogP contribution is 2.61. The first-order chi connectivity index (χ1) is 57.3. The summed E-state index contributed by atoms with van der Waals surface area (Å²) in [5.41, 5.74) is 18.0. The van der Waals surface area contributed by atoms with Gasteiger partial charge in [-0.1, -0.05) is 0 Å². The molecule has 0 aliphatic carbocycles. The zero-order chi connectivity index (χ0) is 84.5. The third-order valence-corrected chi connectivity index (χ3v) is 34.3. The highest BCUT2D eigenvalue weighted by molar-refractivity contribution is 7.56. The standard InChI is InChI=1S/C64H99N32O19P5/c1-82(2)117(102,107-31-40-19-85(7)25-47(111-40)92-14-9-46(65)78-63(92)99)88-20-42-32-108-119(104,84(5)6)90-21-43(115-51(28-90)96-39-76-54-59(96)79-62(80-61(54)98)77-45-24-93(48(26-88)112-42)64(100)81-60(45)97)33-109-118(103,83(3)4)89-22-44(114-49(27-89)94-37-74-52-55(66)70-35-72-57(52)94)34-110-120(105,87-17-12-69-13-18-87)91-23-41(30-106-116(8,101)86-15-10-68-11-16-86)113-50(29-91)95-38-75-53-56(67)71-36-73-58(53)95/h9,14,24,35-45,47-51,68-69H,10-13,15-23,25-34H2,1-8H3,(H8-,65,66,67,70,71,72,73,77,78,79,80,81,97,98,99,100)/p+1. The largest absolute Gasteiger partial charge is 0.500 e. The van der Waals surface area contributed by atoms with E-state index in [2.05, 4.69) is 66.1 Å². The van der Waals surface area contributed by atoms with Crippen molar-refractivity contribution in [1.29, 1.82) is 0 Å². The Morgan fingerprint density at radius 3 is 1.69 bits per heavy atom. The van der Waals surface area contributed by atoms with Crippen LogP contribution in [0.25, 0.3) is 33.5 Å². The molecule has 7 aromatic heterocycles. The summed E-state index contributed by atoms with van der Waals surface area (Å²) in [4.78, 5) is 99.4. The molecule has 16 heterocycles. The number of nitrogens with zero attached hydrogens (tertiary/aromatic N) is 24. The maximum Gasteiger partial charge on any atom is 0.500 e. The maximum absolute atomic E-state index is 16.8. The quantitative estimate of drug-likeness (QED) is 0.0259. The predicted molar refractivity (Wildman–Crippen MR) is 430 cm³/mol. The second-order valence-electron chi connectivity index (χ2n) is 30.9. The number of imide groups is 1. The lowest BCUT2D eigenvalue weighted by molar-refractivity contribution is -0.540. The number of nitrogen functional groups attached to an aromatic ring is 3. The van der Waals surface area contributed by atoms with Crippen molar-refractivity contribution in [2.45, 2.75) is 67.7 Å². The molecule has 0 spiro atoms. The number of likely N-dealkylation sites (N-methyl/N-ethyl adjacent to an activating group) is 1. The molecule has 56 heteroatoms. The van der Waals surface area contributed by atoms with Gasteiger partial charge < -0.3 is 79.5 Å². The van der Waals surface area contributed by atoms with Gasteiger partial charge in [0.15, 0.2) is 46.4 Å². The molecule has 120 heavy (non-hydrogen) atoms. The minimum Gasteiger partial charge on any atom is -0.383 e. The van der Waals surface area contributed by atoms with Crippen LogP contribution in [0.1, 0.15) is 24.9 Å². The smallest absolute Gasteiger partial charge is 0.383 e. The molecule has 654 valence electrons.